The van der Waals surface area contributed by atoms with Crippen LogP contribution in [0.2, 0.25) is 0 Å². The van der Waals surface area contributed by atoms with Gasteiger partial charge in [-0.25, -0.2) is 8.42 Å². The molecular formula is C12H17NO2S. The minimum Gasteiger partial charge on any atom is -0.273 e. The zero-order valence-corrected chi connectivity index (χ0v) is 10.9. The first-order valence-corrected chi connectivity index (χ1v) is 6.93. The van der Waals surface area contributed by atoms with Gasteiger partial charge in [0.2, 0.25) is 10.0 Å². The minimum absolute atomic E-state index is 0.0439. The molecule has 0 amide bonds. The summed E-state index contributed by atoms with van der Waals surface area (Å²) in [5.41, 5.74) is 2.93. The molecule has 1 aromatic carbocycles. The molecule has 0 aliphatic carbocycles. The molecule has 1 heterocycles. The van der Waals surface area contributed by atoms with Gasteiger partial charge in [-0.2, -0.15) is 0 Å². The summed E-state index contributed by atoms with van der Waals surface area (Å²) < 4.78 is 24.8. The summed E-state index contributed by atoms with van der Waals surface area (Å²) in [5, 5.41) is 0. The van der Waals surface area contributed by atoms with Crippen molar-refractivity contribution in [1.82, 2.24) is 0 Å². The first kappa shape index (κ1) is 11.5. The first-order chi connectivity index (χ1) is 7.22. The quantitative estimate of drug-likeness (QED) is 0.696. The van der Waals surface area contributed by atoms with Gasteiger partial charge in [-0.15, -0.1) is 0 Å². The summed E-state index contributed by atoms with van der Waals surface area (Å²) in [5.74, 6) is 0.128. The Bertz CT molecular complexity index is 526. The third-order valence-electron chi connectivity index (χ3n) is 3.05. The molecule has 0 spiro atoms. The van der Waals surface area contributed by atoms with Crippen LogP contribution in [0.4, 0.5) is 5.69 Å². The summed E-state index contributed by atoms with van der Waals surface area (Å²) in [6.45, 7) is 6.37. The van der Waals surface area contributed by atoms with Gasteiger partial charge in [-0.1, -0.05) is 32.9 Å². The molecule has 0 saturated carbocycles. The van der Waals surface area contributed by atoms with Crippen LogP contribution in [0.15, 0.2) is 18.2 Å². The van der Waals surface area contributed by atoms with Gasteiger partial charge < -0.3 is 0 Å². The lowest BCUT2D eigenvalue weighted by atomic mass is 9.86. The van der Waals surface area contributed by atoms with Gasteiger partial charge in [0.25, 0.3) is 0 Å². The molecule has 88 valence electrons. The molecule has 0 unspecified atom stereocenters. The van der Waals surface area contributed by atoms with Crippen molar-refractivity contribution in [3.8, 4) is 0 Å². The number of benzene rings is 1. The molecular weight excluding hydrogens is 222 g/mol. The second-order valence-corrected chi connectivity index (χ2v) is 7.32. The van der Waals surface area contributed by atoms with Gasteiger partial charge in [0, 0.05) is 7.05 Å². The third kappa shape index (κ3) is 1.71. The molecule has 16 heavy (non-hydrogen) atoms. The van der Waals surface area contributed by atoms with E-state index in [4.69, 9.17) is 0 Å². The Morgan fingerprint density at radius 2 is 1.88 bits per heavy atom. The van der Waals surface area contributed by atoms with E-state index in [1.807, 2.05) is 18.2 Å². The van der Waals surface area contributed by atoms with Crippen LogP contribution >= 0.6 is 0 Å². The monoisotopic (exact) mass is 239 g/mol. The highest BCUT2D eigenvalue weighted by Gasteiger charge is 2.30. The van der Waals surface area contributed by atoms with E-state index >= 15 is 0 Å². The lowest BCUT2D eigenvalue weighted by Gasteiger charge is -2.21. The van der Waals surface area contributed by atoms with Crippen LogP contribution in [0.1, 0.15) is 31.9 Å². The van der Waals surface area contributed by atoms with E-state index in [1.54, 1.807) is 7.05 Å². The van der Waals surface area contributed by atoms with Gasteiger partial charge in [0.1, 0.15) is 0 Å². The summed E-state index contributed by atoms with van der Waals surface area (Å²) >= 11 is 0. The van der Waals surface area contributed by atoms with Crippen molar-refractivity contribution in [3.05, 3.63) is 29.3 Å². The van der Waals surface area contributed by atoms with Gasteiger partial charge in [0.15, 0.2) is 0 Å². The Hall–Kier alpha value is -1.03. The van der Waals surface area contributed by atoms with E-state index in [0.717, 1.165) is 16.8 Å². The Labute approximate surface area is 97.1 Å². The van der Waals surface area contributed by atoms with Gasteiger partial charge in [-0.05, 0) is 22.6 Å². The van der Waals surface area contributed by atoms with Crippen molar-refractivity contribution in [2.45, 2.75) is 31.9 Å². The fourth-order valence-electron chi connectivity index (χ4n) is 1.89. The van der Waals surface area contributed by atoms with Crippen molar-refractivity contribution < 1.29 is 8.42 Å². The van der Waals surface area contributed by atoms with E-state index in [-0.39, 0.29) is 11.2 Å². The maximum Gasteiger partial charge on any atom is 0.239 e. The van der Waals surface area contributed by atoms with Crippen molar-refractivity contribution in [3.63, 3.8) is 0 Å². The number of hydrogen-bond donors (Lipinski definition) is 0. The smallest absolute Gasteiger partial charge is 0.239 e. The van der Waals surface area contributed by atoms with E-state index in [2.05, 4.69) is 20.8 Å². The summed E-state index contributed by atoms with van der Waals surface area (Å²) in [7, 11) is -1.49. The highest BCUT2D eigenvalue weighted by atomic mass is 32.2. The van der Waals surface area contributed by atoms with E-state index in [0.29, 0.717) is 0 Å². The van der Waals surface area contributed by atoms with Crippen molar-refractivity contribution in [1.29, 1.82) is 0 Å². The SMILES string of the molecule is CN1c2cc(C(C)(C)C)ccc2CS1(=O)=O. The summed E-state index contributed by atoms with van der Waals surface area (Å²) in [4.78, 5) is 0. The molecule has 0 N–H and O–H groups in total. The van der Waals surface area contributed by atoms with E-state index in [9.17, 15) is 8.42 Å². The highest BCUT2D eigenvalue weighted by Crippen LogP contribution is 2.35. The number of nitrogens with zero attached hydrogens (tertiary/aromatic N) is 1. The van der Waals surface area contributed by atoms with Crippen molar-refractivity contribution in [2.75, 3.05) is 11.4 Å². The number of fused-ring (bicyclic) bond motifs is 1. The Morgan fingerprint density at radius 1 is 1.25 bits per heavy atom. The van der Waals surface area contributed by atoms with Crippen LogP contribution < -0.4 is 4.31 Å². The zero-order chi connectivity index (χ0) is 12.1. The molecule has 0 atom stereocenters. The Kier molecular flexibility index (Phi) is 2.31. The van der Waals surface area contributed by atoms with Crippen LogP contribution in [0.3, 0.4) is 0 Å². The minimum atomic E-state index is -3.11. The highest BCUT2D eigenvalue weighted by molar-refractivity contribution is 7.92. The van der Waals surface area contributed by atoms with Crippen molar-refractivity contribution in [2.24, 2.45) is 0 Å². The van der Waals surface area contributed by atoms with Crippen LogP contribution in [-0.2, 0) is 21.2 Å². The molecule has 1 aliphatic rings. The summed E-state index contributed by atoms with van der Waals surface area (Å²) in [6, 6.07) is 5.93. The van der Waals surface area contributed by atoms with Crippen LogP contribution in [0.5, 0.6) is 0 Å². The third-order valence-corrected chi connectivity index (χ3v) is 4.75. The predicted octanol–water partition coefficient (Wildman–Crippen LogP) is 2.26. The first-order valence-electron chi connectivity index (χ1n) is 5.32. The van der Waals surface area contributed by atoms with Crippen LogP contribution in [0, 0.1) is 0 Å². The van der Waals surface area contributed by atoms with Crippen LogP contribution in [0.25, 0.3) is 0 Å². The number of rotatable bonds is 0. The van der Waals surface area contributed by atoms with Crippen LogP contribution in [-0.4, -0.2) is 15.5 Å². The molecule has 0 bridgehead atoms. The van der Waals surface area contributed by atoms with Crippen molar-refractivity contribution >= 4 is 15.7 Å². The summed E-state index contributed by atoms with van der Waals surface area (Å²) in [6.07, 6.45) is 0. The van der Waals surface area contributed by atoms with Gasteiger partial charge in [-0.3, -0.25) is 4.31 Å². The molecule has 0 saturated heterocycles. The molecule has 0 radical (unpaired) electrons. The molecule has 0 fully saturated rings. The second kappa shape index (κ2) is 3.23. The maximum atomic E-state index is 11.7. The average Bonchev–Trinajstić information content (AvgIpc) is 2.36. The number of sulfonamides is 1. The lowest BCUT2D eigenvalue weighted by Crippen LogP contribution is -2.21. The van der Waals surface area contributed by atoms with E-state index in [1.165, 1.54) is 4.31 Å². The Morgan fingerprint density at radius 3 is 2.44 bits per heavy atom. The molecule has 4 heteroatoms. The normalized spacial score (nSPS) is 18.6. The second-order valence-electron chi connectivity index (χ2n) is 5.32. The fourth-order valence-corrected chi connectivity index (χ4v) is 3.19. The molecule has 1 aromatic rings. The molecule has 1 aliphatic heterocycles. The maximum absolute atomic E-state index is 11.7. The average molecular weight is 239 g/mol. The zero-order valence-electron chi connectivity index (χ0n) is 10.1. The largest absolute Gasteiger partial charge is 0.273 e. The predicted molar refractivity (Wildman–Crippen MR) is 66.2 cm³/mol. The van der Waals surface area contributed by atoms with Gasteiger partial charge in [0.05, 0.1) is 11.4 Å². The number of hydrogen-bond acceptors (Lipinski definition) is 2. The fraction of sp³-hybridized carbons (Fsp3) is 0.500. The standard InChI is InChI=1S/C12H17NO2S/c1-12(2,3)10-6-5-9-8-16(14,15)13(4)11(9)7-10/h5-7H,8H2,1-4H3. The topological polar surface area (TPSA) is 37.4 Å². The number of anilines is 1. The lowest BCUT2D eigenvalue weighted by molar-refractivity contribution is 0.590. The van der Waals surface area contributed by atoms with E-state index < -0.39 is 10.0 Å². The molecule has 2 rings (SSSR count). The molecule has 3 nitrogen and oxygen atoms in total. The van der Waals surface area contributed by atoms with Gasteiger partial charge >= 0.3 is 0 Å². The molecule has 0 aromatic heterocycles. The Balaban J connectivity index is 2.56.